The number of aryl methyl sites for hydroxylation is 1. The molecule has 4 heteroatoms. The van der Waals surface area contributed by atoms with Gasteiger partial charge >= 0.3 is 0 Å². The van der Waals surface area contributed by atoms with Gasteiger partial charge in [-0.3, -0.25) is 0 Å². The fourth-order valence-electron chi connectivity index (χ4n) is 1.85. The Balaban J connectivity index is 2.06. The highest BCUT2D eigenvalue weighted by Gasteiger charge is 2.05. The second-order valence-electron chi connectivity index (χ2n) is 4.59. The van der Waals surface area contributed by atoms with Crippen molar-refractivity contribution in [2.45, 2.75) is 26.4 Å². The quantitative estimate of drug-likeness (QED) is 0.919. The lowest BCUT2D eigenvalue weighted by Crippen LogP contribution is -2.16. The van der Waals surface area contributed by atoms with Crippen molar-refractivity contribution in [1.29, 1.82) is 0 Å². The molecule has 0 amide bonds. The van der Waals surface area contributed by atoms with Gasteiger partial charge < -0.3 is 10.6 Å². The van der Waals surface area contributed by atoms with Crippen LogP contribution in [0.15, 0.2) is 29.6 Å². The summed E-state index contributed by atoms with van der Waals surface area (Å²) < 4.78 is 0. The Morgan fingerprint density at radius 3 is 2.50 bits per heavy atom. The Bertz CT molecular complexity index is 502. The van der Waals surface area contributed by atoms with E-state index in [-0.39, 0.29) is 6.04 Å². The molecule has 1 aromatic heterocycles. The normalized spacial score (nSPS) is 12.4. The second-order valence-corrected chi connectivity index (χ2v) is 5.66. The highest BCUT2D eigenvalue weighted by Crippen LogP contribution is 2.19. The van der Waals surface area contributed by atoms with Crippen molar-refractivity contribution in [3.8, 4) is 0 Å². The van der Waals surface area contributed by atoms with Crippen LogP contribution in [-0.2, 0) is 6.54 Å². The van der Waals surface area contributed by atoms with Crippen LogP contribution in [-0.4, -0.2) is 12.0 Å². The van der Waals surface area contributed by atoms with Gasteiger partial charge in [-0.05, 0) is 31.5 Å². The van der Waals surface area contributed by atoms with Crippen molar-refractivity contribution >= 4 is 17.0 Å². The zero-order valence-electron chi connectivity index (χ0n) is 11.1. The third kappa shape index (κ3) is 3.09. The minimum Gasteiger partial charge on any atom is -0.369 e. The molecule has 0 saturated heterocycles. The summed E-state index contributed by atoms with van der Waals surface area (Å²) >= 11 is 1.69. The van der Waals surface area contributed by atoms with E-state index in [1.54, 1.807) is 11.3 Å². The molecule has 96 valence electrons. The van der Waals surface area contributed by atoms with E-state index in [0.717, 1.165) is 22.8 Å². The Morgan fingerprint density at radius 1 is 1.33 bits per heavy atom. The van der Waals surface area contributed by atoms with Crippen molar-refractivity contribution < 1.29 is 0 Å². The first-order chi connectivity index (χ1) is 8.56. The number of nitrogens with two attached hydrogens (primary N) is 1. The standard InChI is InChI=1S/C14H19N3S/c1-10(15)12-4-6-14(7-5-12)17(3)8-13-9-18-11(2)16-13/h4-7,9-10H,8,15H2,1-3H3/t10-/m0/s1. The molecule has 1 atom stereocenters. The molecule has 0 spiro atoms. The first kappa shape index (κ1) is 13.1. The van der Waals surface area contributed by atoms with E-state index in [9.17, 15) is 0 Å². The van der Waals surface area contributed by atoms with Crippen LogP contribution in [0, 0.1) is 6.92 Å². The van der Waals surface area contributed by atoms with Gasteiger partial charge in [0.05, 0.1) is 17.2 Å². The van der Waals surface area contributed by atoms with Crippen LogP contribution >= 0.6 is 11.3 Å². The summed E-state index contributed by atoms with van der Waals surface area (Å²) in [6, 6.07) is 8.48. The van der Waals surface area contributed by atoms with E-state index < -0.39 is 0 Å². The maximum Gasteiger partial charge on any atom is 0.0898 e. The largest absolute Gasteiger partial charge is 0.369 e. The number of anilines is 1. The Kier molecular flexibility index (Phi) is 3.99. The molecule has 0 aliphatic heterocycles. The molecule has 0 bridgehead atoms. The van der Waals surface area contributed by atoms with E-state index in [2.05, 4.69) is 46.6 Å². The van der Waals surface area contributed by atoms with Crippen molar-refractivity contribution in [2.24, 2.45) is 5.73 Å². The maximum atomic E-state index is 5.84. The van der Waals surface area contributed by atoms with Crippen LogP contribution in [0.3, 0.4) is 0 Å². The van der Waals surface area contributed by atoms with Crippen molar-refractivity contribution in [1.82, 2.24) is 4.98 Å². The molecule has 18 heavy (non-hydrogen) atoms. The molecule has 2 N–H and O–H groups in total. The molecule has 2 aromatic rings. The third-order valence-electron chi connectivity index (χ3n) is 2.93. The molecule has 0 fully saturated rings. The van der Waals surface area contributed by atoms with Gasteiger partial charge in [0, 0.05) is 24.2 Å². The summed E-state index contributed by atoms with van der Waals surface area (Å²) in [4.78, 5) is 6.67. The third-order valence-corrected chi connectivity index (χ3v) is 3.75. The molecular weight excluding hydrogens is 242 g/mol. The molecule has 0 radical (unpaired) electrons. The summed E-state index contributed by atoms with van der Waals surface area (Å²) in [5.41, 5.74) is 9.31. The van der Waals surface area contributed by atoms with E-state index in [4.69, 9.17) is 5.73 Å². The average Bonchev–Trinajstić information content (AvgIpc) is 2.75. The first-order valence-electron chi connectivity index (χ1n) is 6.04. The zero-order valence-corrected chi connectivity index (χ0v) is 11.9. The van der Waals surface area contributed by atoms with Crippen molar-refractivity contribution in [3.63, 3.8) is 0 Å². The molecule has 1 heterocycles. The minimum absolute atomic E-state index is 0.0885. The fraction of sp³-hybridized carbons (Fsp3) is 0.357. The predicted octanol–water partition coefficient (Wildman–Crippen LogP) is 3.11. The number of hydrogen-bond donors (Lipinski definition) is 1. The van der Waals surface area contributed by atoms with Gasteiger partial charge in [-0.1, -0.05) is 12.1 Å². The summed E-state index contributed by atoms with van der Waals surface area (Å²) in [7, 11) is 2.08. The van der Waals surface area contributed by atoms with Gasteiger partial charge in [-0.25, -0.2) is 4.98 Å². The lowest BCUT2D eigenvalue weighted by atomic mass is 10.1. The number of aromatic nitrogens is 1. The van der Waals surface area contributed by atoms with Crippen LogP contribution in [0.4, 0.5) is 5.69 Å². The highest BCUT2D eigenvalue weighted by atomic mass is 32.1. The van der Waals surface area contributed by atoms with E-state index in [1.807, 2.05) is 13.8 Å². The molecule has 2 rings (SSSR count). The number of rotatable bonds is 4. The minimum atomic E-state index is 0.0885. The zero-order chi connectivity index (χ0) is 13.1. The summed E-state index contributed by atoms with van der Waals surface area (Å²) in [6.45, 7) is 4.87. The predicted molar refractivity (Wildman–Crippen MR) is 78.0 cm³/mol. The van der Waals surface area contributed by atoms with Gasteiger partial charge in [0.25, 0.3) is 0 Å². The smallest absolute Gasteiger partial charge is 0.0898 e. The lowest BCUT2D eigenvalue weighted by Gasteiger charge is -2.18. The molecule has 3 nitrogen and oxygen atoms in total. The van der Waals surface area contributed by atoms with Crippen LogP contribution in [0.2, 0.25) is 0 Å². The highest BCUT2D eigenvalue weighted by molar-refractivity contribution is 7.09. The summed E-state index contributed by atoms with van der Waals surface area (Å²) in [6.07, 6.45) is 0. The van der Waals surface area contributed by atoms with Crippen molar-refractivity contribution in [3.05, 3.63) is 45.9 Å². The Morgan fingerprint density at radius 2 is 2.00 bits per heavy atom. The van der Waals surface area contributed by atoms with E-state index in [0.29, 0.717) is 0 Å². The van der Waals surface area contributed by atoms with Gasteiger partial charge in [0.2, 0.25) is 0 Å². The number of benzene rings is 1. The number of thiazole rings is 1. The molecule has 1 aromatic carbocycles. The van der Waals surface area contributed by atoms with Crippen LogP contribution in [0.25, 0.3) is 0 Å². The number of hydrogen-bond acceptors (Lipinski definition) is 4. The van der Waals surface area contributed by atoms with Crippen LogP contribution < -0.4 is 10.6 Å². The maximum absolute atomic E-state index is 5.84. The first-order valence-corrected chi connectivity index (χ1v) is 6.92. The van der Waals surface area contributed by atoms with Gasteiger partial charge in [0.1, 0.15) is 0 Å². The molecule has 0 aliphatic rings. The Hall–Kier alpha value is -1.39. The average molecular weight is 261 g/mol. The van der Waals surface area contributed by atoms with E-state index in [1.165, 1.54) is 5.69 Å². The topological polar surface area (TPSA) is 42.2 Å². The lowest BCUT2D eigenvalue weighted by molar-refractivity contribution is 0.816. The van der Waals surface area contributed by atoms with E-state index >= 15 is 0 Å². The van der Waals surface area contributed by atoms with Gasteiger partial charge in [-0.15, -0.1) is 11.3 Å². The van der Waals surface area contributed by atoms with Crippen LogP contribution in [0.1, 0.15) is 29.2 Å². The Labute approximate surface area is 112 Å². The SMILES string of the molecule is Cc1nc(CN(C)c2ccc([C@H](C)N)cc2)cs1. The monoisotopic (exact) mass is 261 g/mol. The van der Waals surface area contributed by atoms with Gasteiger partial charge in [-0.2, -0.15) is 0 Å². The number of nitrogens with zero attached hydrogens (tertiary/aromatic N) is 2. The summed E-state index contributed by atoms with van der Waals surface area (Å²) in [5, 5.41) is 3.23. The molecule has 0 aliphatic carbocycles. The van der Waals surface area contributed by atoms with Gasteiger partial charge in [0.15, 0.2) is 0 Å². The summed E-state index contributed by atoms with van der Waals surface area (Å²) in [5.74, 6) is 0. The van der Waals surface area contributed by atoms with Crippen molar-refractivity contribution in [2.75, 3.05) is 11.9 Å². The molecule has 0 unspecified atom stereocenters. The fourth-order valence-corrected chi connectivity index (χ4v) is 2.45. The molecular formula is C14H19N3S. The second kappa shape index (κ2) is 5.50. The molecule has 0 saturated carbocycles. The van der Waals surface area contributed by atoms with Crippen LogP contribution in [0.5, 0.6) is 0 Å².